The number of ether oxygens (including phenoxy) is 2. The van der Waals surface area contributed by atoms with E-state index in [-0.39, 0.29) is 36.7 Å². The minimum Gasteiger partial charge on any atom is -0.508 e. The summed E-state index contributed by atoms with van der Waals surface area (Å²) in [5.74, 6) is 0.868. The molecule has 2 atom stereocenters. The van der Waals surface area contributed by atoms with Gasteiger partial charge in [0.1, 0.15) is 11.5 Å². The second-order valence-corrected chi connectivity index (χ2v) is 18.5. The Hall–Kier alpha value is -3.02. The first kappa shape index (κ1) is 52.1. The molecule has 2 N–H and O–H groups in total. The lowest BCUT2D eigenvalue weighted by Crippen LogP contribution is -2.28. The number of phenolic OH excluding ortho intramolecular Hbond substituents is 2. The SMILES string of the molecule is CCCCCCCCCCCCCC(CCCC(=O)OCC(C)(C)COC(=O)CCCC(CCCCCCCCCCCCC)c1ccc(O)cc1)c1ccc(O)cc1. The van der Waals surface area contributed by atoms with E-state index in [1.54, 1.807) is 24.3 Å². The molecular formula is C53H88O6. The molecule has 0 aliphatic carbocycles. The average Bonchev–Trinajstić information content (AvgIpc) is 3.22. The van der Waals surface area contributed by atoms with Gasteiger partial charge in [-0.05, 0) is 85.8 Å². The lowest BCUT2D eigenvalue weighted by Gasteiger charge is -2.24. The number of unbranched alkanes of at least 4 members (excludes halogenated alkanes) is 20. The average molecular weight is 821 g/mol. The third-order valence-corrected chi connectivity index (χ3v) is 12.2. The molecule has 0 fully saturated rings. The van der Waals surface area contributed by atoms with E-state index in [9.17, 15) is 19.8 Å². The van der Waals surface area contributed by atoms with E-state index < -0.39 is 5.41 Å². The molecule has 0 saturated heterocycles. The van der Waals surface area contributed by atoms with Crippen molar-refractivity contribution < 1.29 is 29.3 Å². The molecule has 6 heteroatoms. The molecule has 0 spiro atoms. The van der Waals surface area contributed by atoms with Gasteiger partial charge in [0.25, 0.3) is 0 Å². The molecule has 0 saturated carbocycles. The first-order chi connectivity index (χ1) is 28.6. The van der Waals surface area contributed by atoms with E-state index in [2.05, 4.69) is 13.8 Å². The lowest BCUT2D eigenvalue weighted by molar-refractivity contribution is -0.152. The van der Waals surface area contributed by atoms with Crippen molar-refractivity contribution in [3.63, 3.8) is 0 Å². The van der Waals surface area contributed by atoms with Crippen LogP contribution in [0.3, 0.4) is 0 Å². The Kier molecular flexibility index (Phi) is 29.7. The van der Waals surface area contributed by atoms with Crippen molar-refractivity contribution in [3.8, 4) is 11.5 Å². The summed E-state index contributed by atoms with van der Waals surface area (Å²) in [5, 5.41) is 19.7. The van der Waals surface area contributed by atoms with Crippen molar-refractivity contribution in [1.82, 2.24) is 0 Å². The number of rotatable bonds is 38. The second kappa shape index (κ2) is 33.7. The summed E-state index contributed by atoms with van der Waals surface area (Å²) in [4.78, 5) is 25.6. The highest BCUT2D eigenvalue weighted by Gasteiger charge is 2.23. The van der Waals surface area contributed by atoms with Crippen LogP contribution < -0.4 is 0 Å². The Balaban J connectivity index is 1.66. The van der Waals surface area contributed by atoms with Gasteiger partial charge in [0.05, 0.1) is 13.2 Å². The van der Waals surface area contributed by atoms with Gasteiger partial charge in [-0.1, -0.05) is 193 Å². The summed E-state index contributed by atoms with van der Waals surface area (Å²) in [7, 11) is 0. The van der Waals surface area contributed by atoms with Gasteiger partial charge < -0.3 is 19.7 Å². The van der Waals surface area contributed by atoms with Crippen LogP contribution in [0.25, 0.3) is 0 Å². The summed E-state index contributed by atoms with van der Waals surface area (Å²) in [6.07, 6.45) is 35.3. The van der Waals surface area contributed by atoms with E-state index in [0.29, 0.717) is 24.7 Å². The maximum absolute atomic E-state index is 12.8. The number of esters is 2. The maximum Gasteiger partial charge on any atom is 0.305 e. The van der Waals surface area contributed by atoms with E-state index in [1.807, 2.05) is 38.1 Å². The van der Waals surface area contributed by atoms with Gasteiger partial charge >= 0.3 is 11.9 Å². The Bertz CT molecular complexity index is 1200. The van der Waals surface area contributed by atoms with Crippen LogP contribution in [-0.2, 0) is 19.1 Å². The fourth-order valence-electron chi connectivity index (χ4n) is 8.28. The van der Waals surface area contributed by atoms with Crippen LogP contribution in [0.1, 0.15) is 243 Å². The molecule has 2 aromatic carbocycles. The van der Waals surface area contributed by atoms with Crippen molar-refractivity contribution in [3.05, 3.63) is 59.7 Å². The van der Waals surface area contributed by atoms with Crippen molar-refractivity contribution in [1.29, 1.82) is 0 Å². The van der Waals surface area contributed by atoms with Crippen molar-refractivity contribution in [2.75, 3.05) is 13.2 Å². The molecule has 336 valence electrons. The van der Waals surface area contributed by atoms with Gasteiger partial charge in [0.2, 0.25) is 0 Å². The Morgan fingerprint density at radius 2 is 0.712 bits per heavy atom. The van der Waals surface area contributed by atoms with Crippen LogP contribution >= 0.6 is 0 Å². The summed E-state index contributed by atoms with van der Waals surface area (Å²) < 4.78 is 11.4. The molecule has 0 radical (unpaired) electrons. The minimum absolute atomic E-state index is 0.207. The first-order valence-corrected chi connectivity index (χ1v) is 24.5. The molecule has 0 aromatic heterocycles. The highest BCUT2D eigenvalue weighted by molar-refractivity contribution is 5.69. The standard InChI is InChI=1S/C53H88O6/c1-5-7-9-11-13-15-17-19-21-23-25-29-45(47-35-39-49(54)40-36-47)31-27-33-51(56)58-43-53(3,4)44-59-52(57)34-28-32-46(48-37-41-50(55)42-38-48)30-26-24-22-20-18-16-14-12-10-8-6-2/h35-42,45-46,54-55H,5-34,43-44H2,1-4H3. The second-order valence-electron chi connectivity index (χ2n) is 18.5. The normalized spacial score (nSPS) is 12.7. The molecule has 0 aliphatic heterocycles. The smallest absolute Gasteiger partial charge is 0.305 e. The Morgan fingerprint density at radius 3 is 1.02 bits per heavy atom. The van der Waals surface area contributed by atoms with Crippen LogP contribution in [0, 0.1) is 5.41 Å². The Morgan fingerprint density at radius 1 is 0.441 bits per heavy atom. The number of phenols is 2. The monoisotopic (exact) mass is 821 g/mol. The third-order valence-electron chi connectivity index (χ3n) is 12.2. The summed E-state index contributed by atoms with van der Waals surface area (Å²) in [5.41, 5.74) is 1.98. The van der Waals surface area contributed by atoms with Gasteiger partial charge in [-0.15, -0.1) is 0 Å². The van der Waals surface area contributed by atoms with E-state index >= 15 is 0 Å². The number of carbonyl (C=O) groups is 2. The van der Waals surface area contributed by atoms with Gasteiger partial charge in [0.15, 0.2) is 0 Å². The van der Waals surface area contributed by atoms with Gasteiger partial charge in [-0.3, -0.25) is 9.59 Å². The van der Waals surface area contributed by atoms with Crippen LogP contribution in [0.2, 0.25) is 0 Å². The lowest BCUT2D eigenvalue weighted by atomic mass is 9.88. The third kappa shape index (κ3) is 27.4. The van der Waals surface area contributed by atoms with E-state index in [1.165, 1.54) is 152 Å². The molecule has 2 rings (SSSR count). The molecule has 2 aromatic rings. The quantitative estimate of drug-likeness (QED) is 0.0518. The molecule has 2 unspecified atom stereocenters. The zero-order valence-electron chi connectivity index (χ0n) is 38.4. The van der Waals surface area contributed by atoms with Crippen LogP contribution in [0.4, 0.5) is 0 Å². The minimum atomic E-state index is -0.474. The Labute approximate surface area is 362 Å². The maximum atomic E-state index is 12.8. The fraction of sp³-hybridized carbons (Fsp3) is 0.736. The molecule has 0 aliphatic rings. The van der Waals surface area contributed by atoms with Gasteiger partial charge in [-0.2, -0.15) is 0 Å². The van der Waals surface area contributed by atoms with Crippen molar-refractivity contribution >= 4 is 11.9 Å². The number of hydrogen-bond donors (Lipinski definition) is 2. The van der Waals surface area contributed by atoms with Crippen LogP contribution in [0.15, 0.2) is 48.5 Å². The van der Waals surface area contributed by atoms with Crippen LogP contribution in [-0.4, -0.2) is 35.4 Å². The molecule has 0 bridgehead atoms. The van der Waals surface area contributed by atoms with Gasteiger partial charge in [-0.25, -0.2) is 0 Å². The van der Waals surface area contributed by atoms with E-state index in [0.717, 1.165) is 38.5 Å². The molecule has 59 heavy (non-hydrogen) atoms. The molecule has 6 nitrogen and oxygen atoms in total. The molecule has 0 heterocycles. The van der Waals surface area contributed by atoms with Gasteiger partial charge in [0, 0.05) is 18.3 Å². The zero-order valence-corrected chi connectivity index (χ0v) is 38.4. The number of carbonyl (C=O) groups excluding carboxylic acids is 2. The zero-order chi connectivity index (χ0) is 42.8. The van der Waals surface area contributed by atoms with Crippen molar-refractivity contribution in [2.45, 2.75) is 232 Å². The summed E-state index contributed by atoms with van der Waals surface area (Å²) >= 11 is 0. The van der Waals surface area contributed by atoms with Crippen molar-refractivity contribution in [2.24, 2.45) is 5.41 Å². The highest BCUT2D eigenvalue weighted by Crippen LogP contribution is 2.31. The predicted molar refractivity (Wildman–Crippen MR) is 247 cm³/mol. The summed E-state index contributed by atoms with van der Waals surface area (Å²) in [6, 6.07) is 15.1. The van der Waals surface area contributed by atoms with E-state index in [4.69, 9.17) is 9.47 Å². The largest absolute Gasteiger partial charge is 0.508 e. The van der Waals surface area contributed by atoms with Crippen LogP contribution in [0.5, 0.6) is 11.5 Å². The summed E-state index contributed by atoms with van der Waals surface area (Å²) in [6.45, 7) is 8.89. The fourth-order valence-corrected chi connectivity index (χ4v) is 8.28. The first-order valence-electron chi connectivity index (χ1n) is 24.5. The topological polar surface area (TPSA) is 93.1 Å². The highest BCUT2D eigenvalue weighted by atomic mass is 16.5. The molecule has 0 amide bonds. The molecular weight excluding hydrogens is 733 g/mol. The number of benzene rings is 2. The number of aromatic hydroxyl groups is 2. The number of hydrogen-bond acceptors (Lipinski definition) is 6. The predicted octanol–water partition coefficient (Wildman–Crippen LogP) is 15.8.